The summed E-state index contributed by atoms with van der Waals surface area (Å²) in [4.78, 5) is 36.0. The van der Waals surface area contributed by atoms with Crippen LogP contribution in [0.25, 0.3) is 0 Å². The van der Waals surface area contributed by atoms with Crippen molar-refractivity contribution >= 4 is 34.3 Å². The van der Waals surface area contributed by atoms with Crippen LogP contribution in [-0.2, 0) is 14.3 Å². The second-order valence-electron chi connectivity index (χ2n) is 6.97. The van der Waals surface area contributed by atoms with E-state index in [1.807, 2.05) is 42.6 Å². The zero-order valence-electron chi connectivity index (χ0n) is 17.4. The monoisotopic (exact) mass is 438 g/mol. The lowest BCUT2D eigenvalue weighted by atomic mass is 9.95. The molecule has 3 aromatic rings. The molecule has 3 heterocycles. The Morgan fingerprint density at radius 1 is 1.23 bits per heavy atom. The molecule has 10 heteroatoms. The van der Waals surface area contributed by atoms with Gasteiger partial charge < -0.3 is 15.0 Å². The normalized spacial score (nSPS) is 15.6. The van der Waals surface area contributed by atoms with Crippen molar-refractivity contribution in [2.24, 2.45) is 0 Å². The third kappa shape index (κ3) is 4.06. The van der Waals surface area contributed by atoms with Gasteiger partial charge in [0.15, 0.2) is 5.13 Å². The summed E-state index contributed by atoms with van der Waals surface area (Å²) in [6.07, 6.45) is 1.42. The Hall–Kier alpha value is -3.53. The summed E-state index contributed by atoms with van der Waals surface area (Å²) in [6, 6.07) is 9.07. The first-order chi connectivity index (χ1) is 15.0. The molecular formula is C21H22N6O3S. The number of rotatable bonds is 6. The minimum absolute atomic E-state index is 0.0480. The third-order valence-electron chi connectivity index (χ3n) is 4.89. The van der Waals surface area contributed by atoms with Crippen LogP contribution in [0.1, 0.15) is 31.1 Å². The van der Waals surface area contributed by atoms with Crippen LogP contribution in [0.5, 0.6) is 0 Å². The molecule has 2 aromatic heterocycles. The molecule has 1 aliphatic heterocycles. The van der Waals surface area contributed by atoms with Crippen LogP contribution < -0.4 is 10.2 Å². The van der Waals surface area contributed by atoms with E-state index < -0.39 is 12.0 Å². The van der Waals surface area contributed by atoms with Crippen molar-refractivity contribution in [3.05, 3.63) is 64.6 Å². The summed E-state index contributed by atoms with van der Waals surface area (Å²) in [6.45, 7) is 5.61. The van der Waals surface area contributed by atoms with E-state index in [1.54, 1.807) is 23.4 Å². The number of fused-ring (bicyclic) bond motifs is 1. The Kier molecular flexibility index (Phi) is 5.81. The minimum Gasteiger partial charge on any atom is -0.463 e. The van der Waals surface area contributed by atoms with E-state index in [4.69, 9.17) is 4.74 Å². The Balaban J connectivity index is 1.73. The molecule has 0 fully saturated rings. The van der Waals surface area contributed by atoms with Crippen molar-refractivity contribution in [2.75, 3.05) is 23.4 Å². The number of anilines is 2. The van der Waals surface area contributed by atoms with Gasteiger partial charge in [0.25, 0.3) is 0 Å². The molecule has 0 radical (unpaired) electrons. The number of carbonyl (C=O) groups is 2. The number of nitrogens with zero attached hydrogens (tertiary/aromatic N) is 5. The largest absolute Gasteiger partial charge is 0.463 e. The molecule has 0 aliphatic carbocycles. The number of ether oxygens (including phenoxy) is 1. The van der Waals surface area contributed by atoms with Gasteiger partial charge in [0, 0.05) is 11.1 Å². The number of allylic oxidation sites excluding steroid dienone is 1. The number of carbonyl (C=O) groups excluding carboxylic acids is 2. The number of thiazole rings is 1. The van der Waals surface area contributed by atoms with Crippen LogP contribution in [-0.4, -0.2) is 44.8 Å². The standard InChI is InChI=1S/C21H22N6O3S/c1-4-30-19(29)17-14(3)26(10-16(28)25-20-24-13(2)11-31-20)21-22-12-23-27(21)18(17)15-8-6-5-7-9-15/h5-9,11-12,18H,4,10H2,1-3H3,(H,24,25,28). The minimum atomic E-state index is -0.501. The van der Waals surface area contributed by atoms with Crippen LogP contribution >= 0.6 is 11.3 Å². The fourth-order valence-corrected chi connectivity index (χ4v) is 4.25. The molecule has 160 valence electrons. The lowest BCUT2D eigenvalue weighted by Gasteiger charge is -2.34. The van der Waals surface area contributed by atoms with E-state index in [9.17, 15) is 9.59 Å². The Labute approximate surface area is 183 Å². The summed E-state index contributed by atoms with van der Waals surface area (Å²) in [5, 5.41) is 9.55. The van der Waals surface area contributed by atoms with Gasteiger partial charge in [0.2, 0.25) is 11.9 Å². The second kappa shape index (κ2) is 8.68. The van der Waals surface area contributed by atoms with Gasteiger partial charge >= 0.3 is 5.97 Å². The summed E-state index contributed by atoms with van der Waals surface area (Å²) < 4.78 is 7.00. The van der Waals surface area contributed by atoms with Crippen molar-refractivity contribution in [3.63, 3.8) is 0 Å². The highest BCUT2D eigenvalue weighted by Crippen LogP contribution is 2.38. The number of amides is 1. The molecule has 4 rings (SSSR count). The molecule has 1 amide bonds. The van der Waals surface area contributed by atoms with E-state index in [1.165, 1.54) is 17.7 Å². The maximum atomic E-state index is 13.0. The van der Waals surface area contributed by atoms with E-state index >= 15 is 0 Å². The number of nitrogens with one attached hydrogen (secondary N) is 1. The number of benzene rings is 1. The highest BCUT2D eigenvalue weighted by molar-refractivity contribution is 7.13. The fraction of sp³-hybridized carbons (Fsp3) is 0.286. The SMILES string of the molecule is CCOC(=O)C1=C(C)N(CC(=O)Nc2nc(C)cs2)c2ncnn2C1c1ccccc1. The number of hydrogen-bond donors (Lipinski definition) is 1. The Morgan fingerprint density at radius 2 is 2.00 bits per heavy atom. The summed E-state index contributed by atoms with van der Waals surface area (Å²) in [5.74, 6) is -0.245. The first kappa shape index (κ1) is 20.7. The molecule has 1 aromatic carbocycles. The van der Waals surface area contributed by atoms with Crippen LogP contribution in [0, 0.1) is 6.92 Å². The first-order valence-electron chi connectivity index (χ1n) is 9.81. The topological polar surface area (TPSA) is 102 Å². The first-order valence-corrected chi connectivity index (χ1v) is 10.7. The van der Waals surface area contributed by atoms with Crippen molar-refractivity contribution in [1.82, 2.24) is 19.7 Å². The number of aromatic nitrogens is 4. The summed E-state index contributed by atoms with van der Waals surface area (Å²) in [7, 11) is 0. The van der Waals surface area contributed by atoms with Gasteiger partial charge in [-0.2, -0.15) is 10.1 Å². The highest BCUT2D eigenvalue weighted by Gasteiger charge is 2.38. The number of aryl methyl sites for hydroxylation is 1. The van der Waals surface area contributed by atoms with Gasteiger partial charge in [-0.3, -0.25) is 4.79 Å². The average Bonchev–Trinajstić information content (AvgIpc) is 3.39. The number of hydrogen-bond acceptors (Lipinski definition) is 8. The van der Waals surface area contributed by atoms with Gasteiger partial charge in [-0.15, -0.1) is 11.3 Å². The molecule has 9 nitrogen and oxygen atoms in total. The van der Waals surface area contributed by atoms with Crippen LogP contribution in [0.4, 0.5) is 11.1 Å². The predicted octanol–water partition coefficient (Wildman–Crippen LogP) is 2.93. The smallest absolute Gasteiger partial charge is 0.338 e. The van der Waals surface area contributed by atoms with E-state index in [2.05, 4.69) is 20.4 Å². The molecule has 0 bridgehead atoms. The van der Waals surface area contributed by atoms with Crippen molar-refractivity contribution < 1.29 is 14.3 Å². The summed E-state index contributed by atoms with van der Waals surface area (Å²) >= 11 is 1.36. The van der Waals surface area contributed by atoms with Crippen molar-refractivity contribution in [1.29, 1.82) is 0 Å². The van der Waals surface area contributed by atoms with Crippen molar-refractivity contribution in [3.8, 4) is 0 Å². The van der Waals surface area contributed by atoms with E-state index in [0.29, 0.717) is 22.4 Å². The molecule has 0 saturated carbocycles. The van der Waals surface area contributed by atoms with Gasteiger partial charge in [0.1, 0.15) is 18.9 Å². The molecule has 1 aliphatic rings. The molecule has 1 unspecified atom stereocenters. The van der Waals surface area contributed by atoms with Crippen LogP contribution in [0.3, 0.4) is 0 Å². The van der Waals surface area contributed by atoms with E-state index in [-0.39, 0.29) is 19.1 Å². The maximum Gasteiger partial charge on any atom is 0.338 e. The van der Waals surface area contributed by atoms with Crippen molar-refractivity contribution in [2.45, 2.75) is 26.8 Å². The molecule has 0 spiro atoms. The quantitative estimate of drug-likeness (QED) is 0.590. The molecule has 31 heavy (non-hydrogen) atoms. The maximum absolute atomic E-state index is 13.0. The van der Waals surface area contributed by atoms with E-state index in [0.717, 1.165) is 11.3 Å². The zero-order chi connectivity index (χ0) is 22.0. The second-order valence-corrected chi connectivity index (χ2v) is 7.82. The fourth-order valence-electron chi connectivity index (χ4n) is 3.55. The summed E-state index contributed by atoms with van der Waals surface area (Å²) in [5.41, 5.74) is 2.73. The van der Waals surface area contributed by atoms with Gasteiger partial charge in [-0.05, 0) is 26.3 Å². The third-order valence-corrected chi connectivity index (χ3v) is 5.76. The Bertz CT molecular complexity index is 1140. The molecule has 0 saturated heterocycles. The zero-order valence-corrected chi connectivity index (χ0v) is 18.2. The highest BCUT2D eigenvalue weighted by atomic mass is 32.1. The lowest BCUT2D eigenvalue weighted by molar-refractivity contribution is -0.139. The van der Waals surface area contributed by atoms with Gasteiger partial charge in [-0.1, -0.05) is 30.3 Å². The predicted molar refractivity (Wildman–Crippen MR) is 117 cm³/mol. The Morgan fingerprint density at radius 3 is 2.68 bits per heavy atom. The number of esters is 1. The molecule has 1 atom stereocenters. The average molecular weight is 439 g/mol. The van der Waals surface area contributed by atoms with Crippen LogP contribution in [0.2, 0.25) is 0 Å². The lowest BCUT2D eigenvalue weighted by Crippen LogP contribution is -2.40. The molecule has 1 N–H and O–H groups in total. The van der Waals surface area contributed by atoms with Gasteiger partial charge in [-0.25, -0.2) is 14.5 Å². The van der Waals surface area contributed by atoms with Crippen LogP contribution in [0.15, 0.2) is 53.3 Å². The molecular weight excluding hydrogens is 416 g/mol. The van der Waals surface area contributed by atoms with Gasteiger partial charge in [0.05, 0.1) is 17.9 Å².